The highest BCUT2D eigenvalue weighted by molar-refractivity contribution is 7.09. The van der Waals surface area contributed by atoms with E-state index in [1.54, 1.807) is 30.3 Å². The Kier molecular flexibility index (Phi) is 3.87. The van der Waals surface area contributed by atoms with Gasteiger partial charge in [-0.1, -0.05) is 6.07 Å². The number of benzene rings is 2. The van der Waals surface area contributed by atoms with E-state index in [0.717, 1.165) is 16.3 Å². The number of carbonyl (C=O) groups excluding carboxylic acids is 1. The van der Waals surface area contributed by atoms with E-state index >= 15 is 0 Å². The van der Waals surface area contributed by atoms with E-state index in [1.807, 2.05) is 11.4 Å². The summed E-state index contributed by atoms with van der Waals surface area (Å²) >= 11 is 1.44. The number of thiazole rings is 1. The van der Waals surface area contributed by atoms with Crippen LogP contribution in [0.5, 0.6) is 11.5 Å². The molecule has 0 saturated carbocycles. The molecule has 0 fully saturated rings. The summed E-state index contributed by atoms with van der Waals surface area (Å²) in [6.45, 7) is 0.472. The summed E-state index contributed by atoms with van der Waals surface area (Å²) in [6, 6.07) is 10.5. The number of nitrogens with zero attached hydrogens (tertiary/aromatic N) is 1. The van der Waals surface area contributed by atoms with Gasteiger partial charge in [-0.3, -0.25) is 9.78 Å². The van der Waals surface area contributed by atoms with Crippen molar-refractivity contribution in [1.82, 2.24) is 15.3 Å². The van der Waals surface area contributed by atoms with E-state index in [1.165, 1.54) is 11.3 Å². The fourth-order valence-corrected chi connectivity index (χ4v) is 3.67. The van der Waals surface area contributed by atoms with E-state index in [2.05, 4.69) is 15.3 Å². The van der Waals surface area contributed by atoms with Gasteiger partial charge in [0, 0.05) is 16.5 Å². The van der Waals surface area contributed by atoms with E-state index in [0.29, 0.717) is 34.7 Å². The van der Waals surface area contributed by atoms with Gasteiger partial charge in [0.25, 0.3) is 5.91 Å². The Bertz CT molecular complexity index is 1260. The van der Waals surface area contributed by atoms with Crippen molar-refractivity contribution in [2.45, 2.75) is 6.54 Å². The van der Waals surface area contributed by atoms with E-state index in [-0.39, 0.29) is 12.7 Å². The number of carbonyl (C=O) groups is 1. The first kappa shape index (κ1) is 16.6. The summed E-state index contributed by atoms with van der Waals surface area (Å²) in [7, 11) is 0. The highest BCUT2D eigenvalue weighted by Gasteiger charge is 2.16. The molecule has 5 rings (SSSR count). The summed E-state index contributed by atoms with van der Waals surface area (Å²) in [5.41, 5.74) is 3.20. The summed E-state index contributed by atoms with van der Waals surface area (Å²) < 4.78 is 15.6. The standard InChI is InChI=1S/C19H13N3O5S/c23-18(11-2-4-14-16(6-11)26-9-25-14)20-7-17-21-13(8-28-17)10-1-3-12-15(5-10)27-19(24)22-12/h1-6,8H,7,9H2,(H,20,23)(H,22,24). The number of oxazole rings is 1. The molecule has 0 saturated heterocycles. The van der Waals surface area contributed by atoms with Gasteiger partial charge in [0.05, 0.1) is 17.8 Å². The van der Waals surface area contributed by atoms with Crippen molar-refractivity contribution < 1.29 is 18.7 Å². The molecule has 0 radical (unpaired) electrons. The van der Waals surface area contributed by atoms with Crippen LogP contribution in [0.25, 0.3) is 22.4 Å². The van der Waals surface area contributed by atoms with Gasteiger partial charge in [-0.2, -0.15) is 0 Å². The van der Waals surface area contributed by atoms with Gasteiger partial charge >= 0.3 is 5.76 Å². The SMILES string of the molecule is O=C(NCc1nc(-c2ccc3[nH]c(=O)oc3c2)cs1)c1ccc2c(c1)OCO2. The van der Waals surface area contributed by atoms with Crippen LogP contribution in [0.2, 0.25) is 0 Å². The normalized spacial score (nSPS) is 12.4. The zero-order chi connectivity index (χ0) is 19.1. The van der Waals surface area contributed by atoms with Crippen molar-refractivity contribution in [3.05, 3.63) is 62.9 Å². The van der Waals surface area contributed by atoms with E-state index in [4.69, 9.17) is 13.9 Å². The maximum atomic E-state index is 12.4. The molecule has 9 heteroatoms. The third-order valence-corrected chi connectivity index (χ3v) is 5.15. The molecular formula is C19H13N3O5S. The molecule has 8 nitrogen and oxygen atoms in total. The smallest absolute Gasteiger partial charge is 0.417 e. The minimum absolute atomic E-state index is 0.167. The molecule has 1 aliphatic heterocycles. The van der Waals surface area contributed by atoms with Gasteiger partial charge in [-0.05, 0) is 30.3 Å². The number of H-pyrrole nitrogens is 1. The number of aromatic nitrogens is 2. The van der Waals surface area contributed by atoms with Gasteiger partial charge in [-0.25, -0.2) is 9.78 Å². The lowest BCUT2D eigenvalue weighted by atomic mass is 10.1. The van der Waals surface area contributed by atoms with Crippen molar-refractivity contribution in [2.75, 3.05) is 6.79 Å². The largest absolute Gasteiger partial charge is 0.454 e. The molecule has 1 aliphatic rings. The van der Waals surface area contributed by atoms with Gasteiger partial charge in [-0.15, -0.1) is 11.3 Å². The summed E-state index contributed by atoms with van der Waals surface area (Å²) in [5, 5.41) is 5.51. The number of fused-ring (bicyclic) bond motifs is 2. The lowest BCUT2D eigenvalue weighted by Gasteiger charge is -2.04. The Morgan fingerprint density at radius 1 is 1.18 bits per heavy atom. The van der Waals surface area contributed by atoms with Crippen molar-refractivity contribution in [2.24, 2.45) is 0 Å². The number of ether oxygens (including phenoxy) is 2. The summed E-state index contributed by atoms with van der Waals surface area (Å²) in [6.07, 6.45) is 0. The molecule has 2 aromatic heterocycles. The minimum Gasteiger partial charge on any atom is -0.454 e. The van der Waals surface area contributed by atoms with Gasteiger partial charge < -0.3 is 19.2 Å². The molecule has 2 N–H and O–H groups in total. The van der Waals surface area contributed by atoms with Crippen LogP contribution in [0.3, 0.4) is 0 Å². The van der Waals surface area contributed by atoms with E-state index < -0.39 is 5.76 Å². The number of amides is 1. The summed E-state index contributed by atoms with van der Waals surface area (Å²) in [5.74, 6) is 0.496. The number of aromatic amines is 1. The van der Waals surface area contributed by atoms with Gasteiger partial charge in [0.15, 0.2) is 17.1 Å². The van der Waals surface area contributed by atoms with Crippen LogP contribution in [0.4, 0.5) is 0 Å². The lowest BCUT2D eigenvalue weighted by molar-refractivity contribution is 0.0950. The fraction of sp³-hybridized carbons (Fsp3) is 0.105. The highest BCUT2D eigenvalue weighted by atomic mass is 32.1. The monoisotopic (exact) mass is 395 g/mol. The average molecular weight is 395 g/mol. The predicted octanol–water partition coefficient (Wildman–Crippen LogP) is 2.90. The second-order valence-corrected chi connectivity index (χ2v) is 7.05. The van der Waals surface area contributed by atoms with Crippen LogP contribution < -0.4 is 20.5 Å². The second-order valence-electron chi connectivity index (χ2n) is 6.10. The Morgan fingerprint density at radius 2 is 2.07 bits per heavy atom. The van der Waals surface area contributed by atoms with Crippen molar-refractivity contribution in [3.8, 4) is 22.8 Å². The van der Waals surface area contributed by atoms with Crippen molar-refractivity contribution in [3.63, 3.8) is 0 Å². The first-order valence-corrected chi connectivity index (χ1v) is 9.29. The molecule has 140 valence electrons. The van der Waals surface area contributed by atoms with Crippen molar-refractivity contribution >= 4 is 28.3 Å². The number of hydrogen-bond acceptors (Lipinski definition) is 7. The van der Waals surface area contributed by atoms with Crippen LogP contribution in [-0.4, -0.2) is 22.7 Å². The topological polar surface area (TPSA) is 106 Å². The third-order valence-electron chi connectivity index (χ3n) is 4.30. The third kappa shape index (κ3) is 3.01. The van der Waals surface area contributed by atoms with Crippen LogP contribution in [0.15, 0.2) is 51.0 Å². The zero-order valence-corrected chi connectivity index (χ0v) is 15.2. The molecule has 4 aromatic rings. The zero-order valence-electron chi connectivity index (χ0n) is 14.4. The Hall–Kier alpha value is -3.59. The molecule has 28 heavy (non-hydrogen) atoms. The maximum absolute atomic E-state index is 12.4. The fourth-order valence-electron chi connectivity index (χ4n) is 2.93. The first-order chi connectivity index (χ1) is 13.7. The maximum Gasteiger partial charge on any atom is 0.417 e. The Morgan fingerprint density at radius 3 is 3.00 bits per heavy atom. The van der Waals surface area contributed by atoms with Crippen LogP contribution in [0, 0.1) is 0 Å². The molecule has 3 heterocycles. The molecule has 0 unspecified atom stereocenters. The molecule has 0 atom stereocenters. The second kappa shape index (κ2) is 6.54. The average Bonchev–Trinajstić information content (AvgIpc) is 3.43. The number of nitrogens with one attached hydrogen (secondary N) is 2. The van der Waals surface area contributed by atoms with Gasteiger partial charge in [0.2, 0.25) is 6.79 Å². The quantitative estimate of drug-likeness (QED) is 0.550. The van der Waals surface area contributed by atoms with Crippen LogP contribution >= 0.6 is 11.3 Å². The minimum atomic E-state index is -0.489. The van der Waals surface area contributed by atoms with Crippen molar-refractivity contribution in [1.29, 1.82) is 0 Å². The molecular weight excluding hydrogens is 382 g/mol. The predicted molar refractivity (Wildman–Crippen MR) is 102 cm³/mol. The molecule has 1 amide bonds. The lowest BCUT2D eigenvalue weighted by Crippen LogP contribution is -2.22. The molecule has 0 aliphatic carbocycles. The number of hydrogen-bond donors (Lipinski definition) is 2. The Labute approximate surface area is 161 Å². The first-order valence-electron chi connectivity index (χ1n) is 8.41. The highest BCUT2D eigenvalue weighted by Crippen LogP contribution is 2.32. The summed E-state index contributed by atoms with van der Waals surface area (Å²) in [4.78, 5) is 30.8. The Balaban J connectivity index is 1.29. The van der Waals surface area contributed by atoms with E-state index in [9.17, 15) is 9.59 Å². The van der Waals surface area contributed by atoms with Gasteiger partial charge in [0.1, 0.15) is 5.01 Å². The number of rotatable bonds is 4. The van der Waals surface area contributed by atoms with Crippen LogP contribution in [0.1, 0.15) is 15.4 Å². The molecule has 0 bridgehead atoms. The molecule has 0 spiro atoms. The molecule has 2 aromatic carbocycles. The van der Waals surface area contributed by atoms with Crippen LogP contribution in [-0.2, 0) is 6.54 Å².